The molecule has 8 heteroatoms. The molecule has 2 N–H and O–H groups in total. The summed E-state index contributed by atoms with van der Waals surface area (Å²) in [6.07, 6.45) is 4.18. The molecule has 0 saturated heterocycles. The van der Waals surface area contributed by atoms with E-state index in [9.17, 15) is 23.1 Å². The van der Waals surface area contributed by atoms with E-state index in [-0.39, 0.29) is 28.8 Å². The molecule has 35 heavy (non-hydrogen) atoms. The number of aromatic nitrogens is 2. The van der Waals surface area contributed by atoms with Crippen LogP contribution in [-0.4, -0.2) is 27.1 Å². The van der Waals surface area contributed by atoms with Crippen molar-refractivity contribution in [3.63, 3.8) is 0 Å². The molecule has 0 spiro atoms. The Hall–Kier alpha value is -3.26. The van der Waals surface area contributed by atoms with Crippen molar-refractivity contribution < 1.29 is 23.1 Å². The Morgan fingerprint density at radius 2 is 1.80 bits per heavy atom. The molecule has 5 nitrogen and oxygen atoms in total. The standard InChI is InChI=1S/C27H28F3N3O2/c1-14(2)25-15(3)10-17(12-24(25)34)18-8-9-31-13-23(18)33-27(35)22-7-6-20(29)26(32-22)16-4-5-19(28)21(30)11-16/h4-9,11,13-15,17,24-25,34H,10,12H2,1-3H3,(H,33,35). The van der Waals surface area contributed by atoms with Gasteiger partial charge in [0.1, 0.15) is 17.2 Å². The number of aliphatic hydroxyl groups is 1. The van der Waals surface area contributed by atoms with Crippen molar-refractivity contribution in [3.8, 4) is 11.3 Å². The van der Waals surface area contributed by atoms with E-state index in [1.54, 1.807) is 12.4 Å². The van der Waals surface area contributed by atoms with E-state index in [0.717, 1.165) is 30.2 Å². The Morgan fingerprint density at radius 3 is 2.49 bits per heavy atom. The van der Waals surface area contributed by atoms with Crippen LogP contribution in [0.1, 0.15) is 55.6 Å². The third-order valence-corrected chi connectivity index (χ3v) is 6.87. The molecule has 2 aromatic heterocycles. The van der Waals surface area contributed by atoms with Crippen LogP contribution in [-0.2, 0) is 0 Å². The zero-order valence-electron chi connectivity index (χ0n) is 19.8. The number of rotatable bonds is 5. The minimum atomic E-state index is -1.14. The highest BCUT2D eigenvalue weighted by molar-refractivity contribution is 6.03. The zero-order valence-corrected chi connectivity index (χ0v) is 19.8. The van der Waals surface area contributed by atoms with Crippen LogP contribution >= 0.6 is 0 Å². The quantitative estimate of drug-likeness (QED) is 0.470. The van der Waals surface area contributed by atoms with Gasteiger partial charge in [0.15, 0.2) is 11.6 Å². The van der Waals surface area contributed by atoms with E-state index in [0.29, 0.717) is 23.9 Å². The number of hydrogen-bond donors (Lipinski definition) is 2. The summed E-state index contributed by atoms with van der Waals surface area (Å²) in [6.45, 7) is 6.38. The largest absolute Gasteiger partial charge is 0.393 e. The van der Waals surface area contributed by atoms with Crippen molar-refractivity contribution in [3.05, 3.63) is 77.5 Å². The average molecular weight is 484 g/mol. The zero-order chi connectivity index (χ0) is 25.3. The molecule has 1 amide bonds. The van der Waals surface area contributed by atoms with Gasteiger partial charge in [0.05, 0.1) is 18.0 Å². The van der Waals surface area contributed by atoms with Gasteiger partial charge in [-0.3, -0.25) is 9.78 Å². The van der Waals surface area contributed by atoms with Crippen LogP contribution in [0.4, 0.5) is 18.9 Å². The molecule has 1 fully saturated rings. The number of pyridine rings is 2. The predicted octanol–water partition coefficient (Wildman–Crippen LogP) is 5.96. The minimum absolute atomic E-state index is 0.0167. The lowest BCUT2D eigenvalue weighted by atomic mass is 9.67. The molecule has 1 aromatic carbocycles. The predicted molar refractivity (Wildman–Crippen MR) is 127 cm³/mol. The molecule has 1 aliphatic carbocycles. The van der Waals surface area contributed by atoms with Crippen LogP contribution in [0.25, 0.3) is 11.3 Å². The number of hydrogen-bond acceptors (Lipinski definition) is 4. The maximum atomic E-state index is 14.4. The first kappa shape index (κ1) is 24.9. The lowest BCUT2D eigenvalue weighted by molar-refractivity contribution is 0.00428. The number of aliphatic hydroxyl groups excluding tert-OH is 1. The normalized spacial score (nSPS) is 22.3. The Bertz CT molecular complexity index is 1220. The number of carbonyl (C=O) groups is 1. The van der Waals surface area contributed by atoms with Crippen LogP contribution < -0.4 is 5.32 Å². The molecule has 4 unspecified atom stereocenters. The summed E-state index contributed by atoms with van der Waals surface area (Å²) in [7, 11) is 0. The van der Waals surface area contributed by atoms with E-state index in [1.807, 2.05) is 6.07 Å². The van der Waals surface area contributed by atoms with Crippen LogP contribution in [0.5, 0.6) is 0 Å². The summed E-state index contributed by atoms with van der Waals surface area (Å²) >= 11 is 0. The highest BCUT2D eigenvalue weighted by Gasteiger charge is 2.37. The number of nitrogens with one attached hydrogen (secondary N) is 1. The Balaban J connectivity index is 1.59. The van der Waals surface area contributed by atoms with Crippen LogP contribution in [0.2, 0.25) is 0 Å². The van der Waals surface area contributed by atoms with Crippen molar-refractivity contribution >= 4 is 11.6 Å². The van der Waals surface area contributed by atoms with Crippen molar-refractivity contribution in [1.29, 1.82) is 0 Å². The fourth-order valence-electron chi connectivity index (χ4n) is 5.35. The number of nitrogens with zero attached hydrogens (tertiary/aromatic N) is 2. The van der Waals surface area contributed by atoms with Crippen LogP contribution in [0.15, 0.2) is 48.8 Å². The van der Waals surface area contributed by atoms with Gasteiger partial charge in [0.2, 0.25) is 0 Å². The third-order valence-electron chi connectivity index (χ3n) is 6.87. The van der Waals surface area contributed by atoms with Crippen molar-refractivity contribution in [2.24, 2.45) is 17.8 Å². The van der Waals surface area contributed by atoms with Crippen molar-refractivity contribution in [2.45, 2.75) is 45.6 Å². The number of halogens is 3. The molecular weight excluding hydrogens is 455 g/mol. The van der Waals surface area contributed by atoms with Gasteiger partial charge in [-0.2, -0.15) is 0 Å². The van der Waals surface area contributed by atoms with E-state index in [2.05, 4.69) is 36.1 Å². The summed E-state index contributed by atoms with van der Waals surface area (Å²) in [5.74, 6) is -2.64. The molecule has 0 aliphatic heterocycles. The first-order valence-electron chi connectivity index (χ1n) is 11.7. The lowest BCUT2D eigenvalue weighted by Gasteiger charge is -2.41. The first-order chi connectivity index (χ1) is 16.7. The van der Waals surface area contributed by atoms with Gasteiger partial charge in [0, 0.05) is 11.8 Å². The Morgan fingerprint density at radius 1 is 1.06 bits per heavy atom. The number of benzene rings is 1. The Kier molecular flexibility index (Phi) is 7.21. The maximum Gasteiger partial charge on any atom is 0.274 e. The fourth-order valence-corrected chi connectivity index (χ4v) is 5.35. The molecule has 0 radical (unpaired) electrons. The fraction of sp³-hybridized carbons (Fsp3) is 0.370. The van der Waals surface area contributed by atoms with E-state index >= 15 is 0 Å². The van der Waals surface area contributed by atoms with Gasteiger partial charge >= 0.3 is 0 Å². The average Bonchev–Trinajstić information content (AvgIpc) is 2.81. The van der Waals surface area contributed by atoms with Gasteiger partial charge in [-0.1, -0.05) is 20.8 Å². The number of amides is 1. The monoisotopic (exact) mass is 483 g/mol. The molecule has 3 aromatic rings. The highest BCUT2D eigenvalue weighted by atomic mass is 19.2. The van der Waals surface area contributed by atoms with Crippen molar-refractivity contribution in [2.75, 3.05) is 5.32 Å². The second kappa shape index (κ2) is 10.2. The SMILES string of the molecule is CC(C)C1C(C)CC(c2ccncc2NC(=O)c2ccc(F)c(-c3ccc(F)c(F)c3)n2)CC1O. The molecule has 1 saturated carbocycles. The smallest absolute Gasteiger partial charge is 0.274 e. The van der Waals surface area contributed by atoms with Gasteiger partial charge in [-0.25, -0.2) is 18.2 Å². The molecule has 2 heterocycles. The number of carbonyl (C=O) groups excluding carboxylic acids is 1. The molecule has 1 aliphatic rings. The lowest BCUT2D eigenvalue weighted by Crippen LogP contribution is -2.37. The molecule has 4 rings (SSSR count). The first-order valence-corrected chi connectivity index (χ1v) is 11.7. The van der Waals surface area contributed by atoms with Gasteiger partial charge < -0.3 is 10.4 Å². The second-order valence-electron chi connectivity index (χ2n) is 9.61. The van der Waals surface area contributed by atoms with E-state index < -0.39 is 29.5 Å². The van der Waals surface area contributed by atoms with Crippen molar-refractivity contribution in [1.82, 2.24) is 9.97 Å². The van der Waals surface area contributed by atoms with Gasteiger partial charge in [-0.05, 0) is 78.5 Å². The molecule has 4 atom stereocenters. The second-order valence-corrected chi connectivity index (χ2v) is 9.61. The topological polar surface area (TPSA) is 75.1 Å². The van der Waals surface area contributed by atoms with Gasteiger partial charge in [0.25, 0.3) is 5.91 Å². The summed E-state index contributed by atoms with van der Waals surface area (Å²) in [4.78, 5) is 21.2. The molecular formula is C27H28F3N3O2. The van der Waals surface area contributed by atoms with Crippen LogP contribution in [0.3, 0.4) is 0 Å². The summed E-state index contributed by atoms with van der Waals surface area (Å²) < 4.78 is 41.4. The minimum Gasteiger partial charge on any atom is -0.393 e. The summed E-state index contributed by atoms with van der Waals surface area (Å²) in [5, 5.41) is 13.6. The summed E-state index contributed by atoms with van der Waals surface area (Å²) in [5.41, 5.74) is 1.03. The third kappa shape index (κ3) is 5.22. The molecule has 0 bridgehead atoms. The van der Waals surface area contributed by atoms with Crippen LogP contribution in [0, 0.1) is 35.2 Å². The molecule has 184 valence electrons. The Labute approximate surface area is 202 Å². The van der Waals surface area contributed by atoms with E-state index in [4.69, 9.17) is 0 Å². The number of anilines is 1. The summed E-state index contributed by atoms with van der Waals surface area (Å²) in [6, 6.07) is 7.04. The van der Waals surface area contributed by atoms with E-state index in [1.165, 1.54) is 12.1 Å². The van der Waals surface area contributed by atoms with Gasteiger partial charge in [-0.15, -0.1) is 0 Å². The maximum absolute atomic E-state index is 14.4. The highest BCUT2D eigenvalue weighted by Crippen LogP contribution is 2.44.